The number of benzene rings is 2. The van der Waals surface area contributed by atoms with E-state index in [2.05, 4.69) is 34.0 Å². The molecule has 1 aliphatic rings. The number of carbonyl (C=O) groups is 1. The normalized spacial score (nSPS) is 16.1. The number of hydrogen-bond acceptors (Lipinski definition) is 4. The van der Waals surface area contributed by atoms with Gasteiger partial charge in [0, 0.05) is 24.4 Å². The molecule has 1 atom stereocenters. The number of amides is 1. The Kier molecular flexibility index (Phi) is 5.93. The van der Waals surface area contributed by atoms with E-state index in [-0.39, 0.29) is 29.6 Å². The van der Waals surface area contributed by atoms with Crippen molar-refractivity contribution in [3.63, 3.8) is 0 Å². The van der Waals surface area contributed by atoms with Crippen molar-refractivity contribution >= 4 is 22.6 Å². The summed E-state index contributed by atoms with van der Waals surface area (Å²) in [6.07, 6.45) is 3.16. The Labute approximate surface area is 176 Å². The van der Waals surface area contributed by atoms with Gasteiger partial charge in [0.15, 0.2) is 0 Å². The van der Waals surface area contributed by atoms with Crippen molar-refractivity contribution in [2.24, 2.45) is 11.8 Å². The van der Waals surface area contributed by atoms with E-state index in [0.717, 1.165) is 48.2 Å². The van der Waals surface area contributed by atoms with E-state index in [9.17, 15) is 9.18 Å². The summed E-state index contributed by atoms with van der Waals surface area (Å²) < 4.78 is 13.3. The third-order valence-electron chi connectivity index (χ3n) is 5.88. The van der Waals surface area contributed by atoms with Crippen molar-refractivity contribution in [2.75, 3.05) is 18.0 Å². The van der Waals surface area contributed by atoms with Crippen LogP contribution in [0.25, 0.3) is 10.9 Å². The lowest BCUT2D eigenvalue weighted by molar-refractivity contribution is -0.126. The first-order chi connectivity index (χ1) is 14.5. The lowest BCUT2D eigenvalue weighted by atomic mass is 9.92. The number of carbonyl (C=O) groups excluding carboxylic acids is 1. The van der Waals surface area contributed by atoms with Crippen LogP contribution in [0.15, 0.2) is 54.9 Å². The zero-order valence-electron chi connectivity index (χ0n) is 17.4. The molecule has 1 N–H and O–H groups in total. The van der Waals surface area contributed by atoms with E-state index in [1.165, 1.54) is 12.1 Å². The lowest BCUT2D eigenvalue weighted by Crippen LogP contribution is -2.42. The summed E-state index contributed by atoms with van der Waals surface area (Å²) in [5.41, 5.74) is 1.87. The highest BCUT2D eigenvalue weighted by atomic mass is 19.1. The first-order valence-electron chi connectivity index (χ1n) is 10.5. The smallest absolute Gasteiger partial charge is 0.223 e. The van der Waals surface area contributed by atoms with Crippen molar-refractivity contribution in [1.29, 1.82) is 0 Å². The molecule has 0 spiro atoms. The molecule has 2 heterocycles. The van der Waals surface area contributed by atoms with Crippen LogP contribution in [0.5, 0.6) is 0 Å². The van der Waals surface area contributed by atoms with Gasteiger partial charge in [-0.15, -0.1) is 0 Å². The van der Waals surface area contributed by atoms with Gasteiger partial charge in [-0.2, -0.15) is 0 Å². The minimum absolute atomic E-state index is 0.0314. The van der Waals surface area contributed by atoms with E-state index < -0.39 is 0 Å². The average Bonchev–Trinajstić information content (AvgIpc) is 2.77. The Morgan fingerprint density at radius 1 is 1.07 bits per heavy atom. The van der Waals surface area contributed by atoms with Crippen LogP contribution in [-0.4, -0.2) is 29.0 Å². The summed E-state index contributed by atoms with van der Waals surface area (Å²) in [5.74, 6) is 0.927. The van der Waals surface area contributed by atoms with Crippen LogP contribution in [0, 0.1) is 17.7 Å². The molecule has 156 valence electrons. The van der Waals surface area contributed by atoms with Crippen LogP contribution < -0.4 is 10.2 Å². The van der Waals surface area contributed by atoms with Gasteiger partial charge >= 0.3 is 0 Å². The van der Waals surface area contributed by atoms with E-state index in [0.29, 0.717) is 0 Å². The largest absolute Gasteiger partial charge is 0.356 e. The average molecular weight is 407 g/mol. The maximum absolute atomic E-state index is 13.3. The molecule has 0 aliphatic carbocycles. The Balaban J connectivity index is 1.42. The molecule has 0 radical (unpaired) electrons. The highest BCUT2D eigenvalue weighted by Gasteiger charge is 2.29. The Morgan fingerprint density at radius 3 is 2.47 bits per heavy atom. The van der Waals surface area contributed by atoms with Crippen molar-refractivity contribution < 1.29 is 9.18 Å². The number of hydrogen-bond donors (Lipinski definition) is 1. The summed E-state index contributed by atoms with van der Waals surface area (Å²) in [7, 11) is 0. The van der Waals surface area contributed by atoms with Gasteiger partial charge in [-0.05, 0) is 48.6 Å². The third kappa shape index (κ3) is 4.27. The van der Waals surface area contributed by atoms with Crippen molar-refractivity contribution in [3.8, 4) is 0 Å². The number of halogens is 1. The number of nitrogens with one attached hydrogen (secondary N) is 1. The number of aromatic nitrogens is 2. The Morgan fingerprint density at radius 2 is 1.77 bits per heavy atom. The van der Waals surface area contributed by atoms with Gasteiger partial charge < -0.3 is 10.2 Å². The number of nitrogens with zero attached hydrogens (tertiary/aromatic N) is 3. The molecule has 1 fully saturated rings. The van der Waals surface area contributed by atoms with Crippen LogP contribution in [0.4, 0.5) is 10.2 Å². The third-order valence-corrected chi connectivity index (χ3v) is 5.88. The molecule has 5 nitrogen and oxygen atoms in total. The minimum atomic E-state index is -0.266. The fraction of sp³-hybridized carbons (Fsp3) is 0.375. The molecular weight excluding hydrogens is 379 g/mol. The monoisotopic (exact) mass is 406 g/mol. The predicted octanol–water partition coefficient (Wildman–Crippen LogP) is 4.50. The molecule has 4 rings (SSSR count). The van der Waals surface area contributed by atoms with Crippen LogP contribution >= 0.6 is 0 Å². The Bertz CT molecular complexity index is 1010. The number of para-hydroxylation sites is 1. The molecule has 2 aromatic carbocycles. The molecule has 0 saturated carbocycles. The SMILES string of the molecule is CC(C)[C@H](NC(=O)C1CCN(c2ncnc3ccccc23)CC1)c1ccc(F)cc1. The second-order valence-electron chi connectivity index (χ2n) is 8.26. The van der Waals surface area contributed by atoms with Gasteiger partial charge in [-0.25, -0.2) is 14.4 Å². The van der Waals surface area contributed by atoms with Gasteiger partial charge in [-0.1, -0.05) is 38.1 Å². The summed E-state index contributed by atoms with van der Waals surface area (Å²) in [4.78, 5) is 24.1. The molecule has 1 aliphatic heterocycles. The first kappa shape index (κ1) is 20.3. The summed E-state index contributed by atoms with van der Waals surface area (Å²) >= 11 is 0. The molecule has 1 aromatic heterocycles. The van der Waals surface area contributed by atoms with E-state index >= 15 is 0 Å². The number of fused-ring (bicyclic) bond motifs is 1. The number of rotatable bonds is 5. The topological polar surface area (TPSA) is 58.1 Å². The van der Waals surface area contributed by atoms with Gasteiger partial charge in [0.1, 0.15) is 18.0 Å². The van der Waals surface area contributed by atoms with Crippen molar-refractivity contribution in [3.05, 3.63) is 66.2 Å². The van der Waals surface area contributed by atoms with Crippen molar-refractivity contribution in [2.45, 2.75) is 32.7 Å². The summed E-state index contributed by atoms with van der Waals surface area (Å²) in [5, 5.41) is 4.24. The van der Waals surface area contributed by atoms with Crippen LogP contribution in [0.1, 0.15) is 38.3 Å². The minimum Gasteiger partial charge on any atom is -0.356 e. The molecule has 0 bridgehead atoms. The standard InChI is InChI=1S/C24H27FN4O/c1-16(2)22(17-7-9-19(25)10-8-17)28-24(30)18-11-13-29(14-12-18)23-20-5-3-4-6-21(20)26-15-27-23/h3-10,15-16,18,22H,11-14H2,1-2H3,(H,28,30)/t22-/m0/s1. The second-order valence-corrected chi connectivity index (χ2v) is 8.26. The van der Waals surface area contributed by atoms with E-state index in [4.69, 9.17) is 0 Å². The molecule has 0 unspecified atom stereocenters. The zero-order chi connectivity index (χ0) is 21.1. The number of piperidine rings is 1. The molecule has 6 heteroatoms. The van der Waals surface area contributed by atoms with E-state index in [1.807, 2.05) is 24.3 Å². The number of anilines is 1. The van der Waals surface area contributed by atoms with Crippen LogP contribution in [0.2, 0.25) is 0 Å². The fourth-order valence-electron chi connectivity index (χ4n) is 4.17. The molecule has 3 aromatic rings. The maximum atomic E-state index is 13.3. The second kappa shape index (κ2) is 8.78. The maximum Gasteiger partial charge on any atom is 0.223 e. The van der Waals surface area contributed by atoms with E-state index in [1.54, 1.807) is 18.5 Å². The first-order valence-corrected chi connectivity index (χ1v) is 10.5. The van der Waals surface area contributed by atoms with Crippen molar-refractivity contribution in [1.82, 2.24) is 15.3 Å². The van der Waals surface area contributed by atoms with Gasteiger partial charge in [0.2, 0.25) is 5.91 Å². The quantitative estimate of drug-likeness (QED) is 0.678. The van der Waals surface area contributed by atoms with Gasteiger partial charge in [0.25, 0.3) is 0 Å². The molecule has 30 heavy (non-hydrogen) atoms. The zero-order valence-corrected chi connectivity index (χ0v) is 17.4. The predicted molar refractivity (Wildman–Crippen MR) is 117 cm³/mol. The fourth-order valence-corrected chi connectivity index (χ4v) is 4.17. The Hall–Kier alpha value is -3.02. The van der Waals surface area contributed by atoms with Gasteiger partial charge in [-0.3, -0.25) is 4.79 Å². The molecular formula is C24H27FN4O. The van der Waals surface area contributed by atoms with Crippen LogP contribution in [-0.2, 0) is 4.79 Å². The highest BCUT2D eigenvalue weighted by molar-refractivity contribution is 5.89. The molecule has 1 saturated heterocycles. The van der Waals surface area contributed by atoms with Gasteiger partial charge in [0.05, 0.1) is 11.6 Å². The molecule has 1 amide bonds. The summed E-state index contributed by atoms with van der Waals surface area (Å²) in [6.45, 7) is 5.69. The summed E-state index contributed by atoms with van der Waals surface area (Å²) in [6, 6.07) is 14.3. The highest BCUT2D eigenvalue weighted by Crippen LogP contribution is 2.28. The lowest BCUT2D eigenvalue weighted by Gasteiger charge is -2.34. The van der Waals surface area contributed by atoms with Crippen LogP contribution in [0.3, 0.4) is 0 Å².